The Hall–Kier alpha value is -1.35. The third kappa shape index (κ3) is 2.86. The van der Waals surface area contributed by atoms with Crippen molar-refractivity contribution in [1.82, 2.24) is 0 Å². The molecule has 0 aliphatic carbocycles. The van der Waals surface area contributed by atoms with Crippen molar-refractivity contribution in [3.8, 4) is 0 Å². The normalized spacial score (nSPS) is 14.2. The van der Waals surface area contributed by atoms with Gasteiger partial charge in [0.25, 0.3) is 0 Å². The van der Waals surface area contributed by atoms with E-state index in [0.717, 1.165) is 11.3 Å². The fourth-order valence-corrected chi connectivity index (χ4v) is 1.83. The number of hydrogen-bond acceptors (Lipinski definition) is 2. The van der Waals surface area contributed by atoms with E-state index in [1.54, 1.807) is 18.9 Å². The maximum Gasteiger partial charge on any atom is 0.246 e. The second kappa shape index (κ2) is 4.88. The molecule has 94 valence electrons. The van der Waals surface area contributed by atoms with Gasteiger partial charge in [-0.15, -0.1) is 0 Å². The van der Waals surface area contributed by atoms with Crippen LogP contribution in [0.4, 0.5) is 5.69 Å². The van der Waals surface area contributed by atoms with Crippen molar-refractivity contribution in [2.75, 3.05) is 11.9 Å². The van der Waals surface area contributed by atoms with Gasteiger partial charge in [0.15, 0.2) is 0 Å². The van der Waals surface area contributed by atoms with Gasteiger partial charge in [0.2, 0.25) is 5.91 Å². The molecule has 1 rings (SSSR count). The van der Waals surface area contributed by atoms with Crippen LogP contribution in [0.2, 0.25) is 0 Å². The topological polar surface area (TPSA) is 46.3 Å². The van der Waals surface area contributed by atoms with Crippen molar-refractivity contribution >= 4 is 11.6 Å². The molecule has 3 nitrogen and oxygen atoms in total. The number of aryl methyl sites for hydroxylation is 2. The SMILES string of the molecule is CCC(C)(N)C(=O)N(C)c1ccc(C)cc1C. The first-order valence-corrected chi connectivity index (χ1v) is 5.94. The lowest BCUT2D eigenvalue weighted by atomic mass is 9.98. The van der Waals surface area contributed by atoms with E-state index in [4.69, 9.17) is 5.73 Å². The lowest BCUT2D eigenvalue weighted by Gasteiger charge is -2.29. The highest BCUT2D eigenvalue weighted by molar-refractivity contribution is 5.99. The van der Waals surface area contributed by atoms with E-state index in [0.29, 0.717) is 6.42 Å². The van der Waals surface area contributed by atoms with Crippen molar-refractivity contribution < 1.29 is 4.79 Å². The van der Waals surface area contributed by atoms with Crippen LogP contribution in [0.3, 0.4) is 0 Å². The van der Waals surface area contributed by atoms with Crippen LogP contribution >= 0.6 is 0 Å². The Morgan fingerprint density at radius 3 is 2.47 bits per heavy atom. The van der Waals surface area contributed by atoms with Crippen LogP contribution < -0.4 is 10.6 Å². The summed E-state index contributed by atoms with van der Waals surface area (Å²) in [6.07, 6.45) is 0.626. The molecule has 0 aromatic heterocycles. The smallest absolute Gasteiger partial charge is 0.246 e. The predicted octanol–water partition coefficient (Wildman–Crippen LogP) is 2.39. The molecular weight excluding hydrogens is 212 g/mol. The molecule has 0 heterocycles. The number of carbonyl (C=O) groups excluding carboxylic acids is 1. The molecule has 1 aromatic rings. The maximum absolute atomic E-state index is 12.2. The van der Waals surface area contributed by atoms with Crippen molar-refractivity contribution in [1.29, 1.82) is 0 Å². The van der Waals surface area contributed by atoms with Gasteiger partial charge in [0, 0.05) is 12.7 Å². The molecule has 1 amide bonds. The second-order valence-electron chi connectivity index (χ2n) is 4.93. The van der Waals surface area contributed by atoms with Gasteiger partial charge in [0.1, 0.15) is 0 Å². The molecular formula is C14H22N2O. The number of anilines is 1. The Kier molecular flexibility index (Phi) is 3.94. The molecule has 0 bridgehead atoms. The average Bonchev–Trinajstić information content (AvgIpc) is 2.27. The summed E-state index contributed by atoms with van der Waals surface area (Å²) in [6, 6.07) is 6.04. The zero-order valence-corrected chi connectivity index (χ0v) is 11.4. The monoisotopic (exact) mass is 234 g/mol. The van der Waals surface area contributed by atoms with Gasteiger partial charge in [-0.25, -0.2) is 0 Å². The highest BCUT2D eigenvalue weighted by atomic mass is 16.2. The van der Waals surface area contributed by atoms with E-state index in [1.165, 1.54) is 5.56 Å². The van der Waals surface area contributed by atoms with Crippen LogP contribution in [-0.4, -0.2) is 18.5 Å². The standard InChI is InChI=1S/C14H22N2O/c1-6-14(4,15)13(17)16(5)12-8-7-10(2)9-11(12)3/h7-9H,6,15H2,1-5H3. The van der Waals surface area contributed by atoms with Crippen LogP contribution in [0.1, 0.15) is 31.4 Å². The van der Waals surface area contributed by atoms with Crippen molar-refractivity contribution in [3.63, 3.8) is 0 Å². The number of nitrogens with two attached hydrogens (primary N) is 1. The molecule has 1 aromatic carbocycles. The summed E-state index contributed by atoms with van der Waals surface area (Å²) in [5.74, 6) is -0.0491. The Labute approximate surface area is 104 Å². The zero-order chi connectivity index (χ0) is 13.2. The van der Waals surface area contributed by atoms with Crippen molar-refractivity contribution in [2.45, 2.75) is 39.7 Å². The number of hydrogen-bond donors (Lipinski definition) is 1. The van der Waals surface area contributed by atoms with Gasteiger partial charge in [-0.2, -0.15) is 0 Å². The summed E-state index contributed by atoms with van der Waals surface area (Å²) in [4.78, 5) is 13.9. The number of likely N-dealkylation sites (N-methyl/N-ethyl adjacent to an activating group) is 1. The minimum absolute atomic E-state index is 0.0491. The first-order chi connectivity index (χ1) is 7.79. The Balaban J connectivity index is 3.05. The molecule has 1 unspecified atom stereocenters. The van der Waals surface area contributed by atoms with E-state index >= 15 is 0 Å². The second-order valence-corrected chi connectivity index (χ2v) is 4.93. The lowest BCUT2D eigenvalue weighted by molar-refractivity contribution is -0.122. The molecule has 3 heteroatoms. The van der Waals surface area contributed by atoms with E-state index in [-0.39, 0.29) is 5.91 Å². The zero-order valence-electron chi connectivity index (χ0n) is 11.4. The predicted molar refractivity (Wildman–Crippen MR) is 72.2 cm³/mol. The molecule has 0 radical (unpaired) electrons. The van der Waals surface area contributed by atoms with E-state index in [9.17, 15) is 4.79 Å². The number of rotatable bonds is 3. The Morgan fingerprint density at radius 2 is 2.00 bits per heavy atom. The quantitative estimate of drug-likeness (QED) is 0.873. The number of nitrogens with zero attached hydrogens (tertiary/aromatic N) is 1. The molecule has 0 saturated carbocycles. The van der Waals surface area contributed by atoms with Crippen LogP contribution in [-0.2, 0) is 4.79 Å². The van der Waals surface area contributed by atoms with Gasteiger partial charge in [-0.05, 0) is 38.8 Å². The first-order valence-electron chi connectivity index (χ1n) is 5.94. The fourth-order valence-electron chi connectivity index (χ4n) is 1.83. The van der Waals surface area contributed by atoms with Crippen LogP contribution in [0, 0.1) is 13.8 Å². The van der Waals surface area contributed by atoms with Gasteiger partial charge in [-0.3, -0.25) is 4.79 Å². The average molecular weight is 234 g/mol. The van der Waals surface area contributed by atoms with Crippen molar-refractivity contribution in [3.05, 3.63) is 29.3 Å². The fraction of sp³-hybridized carbons (Fsp3) is 0.500. The maximum atomic E-state index is 12.2. The summed E-state index contributed by atoms with van der Waals surface area (Å²) >= 11 is 0. The van der Waals surface area contributed by atoms with Gasteiger partial charge < -0.3 is 10.6 Å². The third-order valence-electron chi connectivity index (χ3n) is 3.24. The minimum atomic E-state index is -0.800. The molecule has 0 aliphatic rings. The molecule has 2 N–H and O–H groups in total. The summed E-state index contributed by atoms with van der Waals surface area (Å²) in [7, 11) is 1.78. The number of benzene rings is 1. The van der Waals surface area contributed by atoms with E-state index in [2.05, 4.69) is 6.07 Å². The number of carbonyl (C=O) groups is 1. The Bertz CT molecular complexity index is 424. The van der Waals surface area contributed by atoms with Gasteiger partial charge in [0.05, 0.1) is 5.54 Å². The largest absolute Gasteiger partial charge is 0.318 e. The first kappa shape index (κ1) is 13.7. The lowest BCUT2D eigenvalue weighted by Crippen LogP contribution is -2.52. The van der Waals surface area contributed by atoms with Crippen LogP contribution in [0.15, 0.2) is 18.2 Å². The summed E-state index contributed by atoms with van der Waals surface area (Å²) < 4.78 is 0. The van der Waals surface area contributed by atoms with Gasteiger partial charge >= 0.3 is 0 Å². The summed E-state index contributed by atoms with van der Waals surface area (Å²) in [5.41, 5.74) is 8.39. The van der Waals surface area contributed by atoms with Crippen LogP contribution in [0.25, 0.3) is 0 Å². The summed E-state index contributed by atoms with van der Waals surface area (Å²) in [5, 5.41) is 0. The molecule has 17 heavy (non-hydrogen) atoms. The third-order valence-corrected chi connectivity index (χ3v) is 3.24. The highest BCUT2D eigenvalue weighted by Crippen LogP contribution is 2.22. The molecule has 1 atom stereocenters. The number of amides is 1. The molecule has 0 saturated heterocycles. The van der Waals surface area contributed by atoms with E-state index in [1.807, 2.05) is 32.9 Å². The summed E-state index contributed by atoms with van der Waals surface area (Å²) in [6.45, 7) is 7.74. The molecule has 0 aliphatic heterocycles. The molecule has 0 spiro atoms. The molecule has 0 fully saturated rings. The van der Waals surface area contributed by atoms with Crippen molar-refractivity contribution in [2.24, 2.45) is 5.73 Å². The minimum Gasteiger partial charge on any atom is -0.318 e. The Morgan fingerprint density at radius 1 is 1.41 bits per heavy atom. The highest BCUT2D eigenvalue weighted by Gasteiger charge is 2.30. The van der Waals surface area contributed by atoms with Gasteiger partial charge in [-0.1, -0.05) is 24.6 Å². The van der Waals surface area contributed by atoms with E-state index < -0.39 is 5.54 Å². The van der Waals surface area contributed by atoms with Crippen LogP contribution in [0.5, 0.6) is 0 Å².